The van der Waals surface area contributed by atoms with E-state index in [9.17, 15) is 9.18 Å². The van der Waals surface area contributed by atoms with Crippen molar-refractivity contribution in [1.82, 2.24) is 24.1 Å². The first-order valence-electron chi connectivity index (χ1n) is 18.1. The van der Waals surface area contributed by atoms with E-state index in [0.29, 0.717) is 73.7 Å². The normalized spacial score (nSPS) is 13.9. The van der Waals surface area contributed by atoms with E-state index in [0.717, 1.165) is 79.5 Å². The number of ether oxygens (including phenoxy) is 4. The highest BCUT2D eigenvalue weighted by molar-refractivity contribution is 7.97. The van der Waals surface area contributed by atoms with Crippen LogP contribution in [0.2, 0.25) is 5.02 Å². The van der Waals surface area contributed by atoms with Crippen LogP contribution in [-0.4, -0.2) is 70.7 Å². The van der Waals surface area contributed by atoms with Crippen molar-refractivity contribution >= 4 is 51.0 Å². The molecule has 1 aliphatic heterocycles. The summed E-state index contributed by atoms with van der Waals surface area (Å²) >= 11 is 8.92. The Hall–Kier alpha value is -4.36. The van der Waals surface area contributed by atoms with Crippen LogP contribution in [-0.2, 0) is 72.5 Å². The third kappa shape index (κ3) is 7.62. The van der Waals surface area contributed by atoms with Crippen LogP contribution >= 0.6 is 23.4 Å². The minimum absolute atomic E-state index is 0.289. The Labute approximate surface area is 323 Å². The zero-order chi connectivity index (χ0) is 37.9. The second kappa shape index (κ2) is 16.6. The first-order chi connectivity index (χ1) is 26.2. The van der Waals surface area contributed by atoms with Crippen LogP contribution in [0.5, 0.6) is 5.75 Å². The maximum atomic E-state index is 14.4. The molecular formula is C41H45ClFN5O5S. The van der Waals surface area contributed by atoms with Crippen molar-refractivity contribution in [2.45, 2.75) is 43.6 Å². The van der Waals surface area contributed by atoms with Crippen molar-refractivity contribution in [2.75, 3.05) is 40.6 Å². The van der Waals surface area contributed by atoms with Gasteiger partial charge in [0.2, 0.25) is 0 Å². The van der Waals surface area contributed by atoms with Gasteiger partial charge in [-0.25, -0.2) is 9.18 Å². The molecule has 0 amide bonds. The van der Waals surface area contributed by atoms with Gasteiger partial charge in [0, 0.05) is 73.8 Å². The lowest BCUT2D eigenvalue weighted by Crippen LogP contribution is -2.11. The van der Waals surface area contributed by atoms with Gasteiger partial charge in [-0.05, 0) is 78.6 Å². The molecule has 1 aliphatic rings. The second-order valence-corrected chi connectivity index (χ2v) is 15.0. The van der Waals surface area contributed by atoms with E-state index in [2.05, 4.69) is 12.1 Å². The number of aromatic nitrogens is 5. The predicted octanol–water partition coefficient (Wildman–Crippen LogP) is 7.79. The summed E-state index contributed by atoms with van der Waals surface area (Å²) in [5.41, 5.74) is 9.02. The summed E-state index contributed by atoms with van der Waals surface area (Å²) in [7, 11) is 8.87. The number of methoxy groups -OCH3 is 2. The first kappa shape index (κ1) is 37.9. The number of aryl methyl sites for hydroxylation is 6. The van der Waals surface area contributed by atoms with E-state index in [1.165, 1.54) is 13.2 Å². The first-order valence-corrected chi connectivity index (χ1v) is 19.7. The Morgan fingerprint density at radius 2 is 1.76 bits per heavy atom. The molecule has 0 radical (unpaired) electrons. The number of hydrogen-bond acceptors (Lipinski definition) is 8. The average Bonchev–Trinajstić information content (AvgIpc) is 3.77. The molecule has 3 aromatic carbocycles. The Morgan fingerprint density at radius 1 is 0.926 bits per heavy atom. The third-order valence-electron chi connectivity index (χ3n) is 10.1. The zero-order valence-electron chi connectivity index (χ0n) is 31.3. The molecule has 6 aromatic rings. The number of fused-ring (bicyclic) bond motifs is 8. The minimum atomic E-state index is -0.425. The molecule has 0 fully saturated rings. The summed E-state index contributed by atoms with van der Waals surface area (Å²) in [5, 5.41) is 13.0. The summed E-state index contributed by atoms with van der Waals surface area (Å²) in [5.74, 6) is 1.34. The number of carbonyl (C=O) groups is 1. The largest absolute Gasteiger partial charge is 0.493 e. The number of benzene rings is 3. The Bertz CT molecular complexity index is 2330. The molecule has 10 nitrogen and oxygen atoms in total. The Balaban J connectivity index is 1.35. The fourth-order valence-corrected chi connectivity index (χ4v) is 8.80. The number of rotatable bonds is 7. The van der Waals surface area contributed by atoms with Crippen LogP contribution < -0.4 is 4.74 Å². The van der Waals surface area contributed by atoms with Crippen molar-refractivity contribution in [1.29, 1.82) is 0 Å². The molecule has 0 saturated heterocycles. The van der Waals surface area contributed by atoms with Crippen LogP contribution in [0.3, 0.4) is 0 Å². The lowest BCUT2D eigenvalue weighted by Gasteiger charge is -2.13. The fraction of sp³-hybridized carbons (Fsp3) is 0.390. The van der Waals surface area contributed by atoms with E-state index in [1.54, 1.807) is 31.0 Å². The predicted molar refractivity (Wildman–Crippen MR) is 211 cm³/mol. The monoisotopic (exact) mass is 773 g/mol. The number of nitrogens with zero attached hydrogens (tertiary/aromatic N) is 5. The molecule has 8 bridgehead atoms. The second-order valence-electron chi connectivity index (χ2n) is 13.6. The summed E-state index contributed by atoms with van der Waals surface area (Å²) in [6.45, 7) is 1.90. The van der Waals surface area contributed by atoms with Crippen molar-refractivity contribution in [3.8, 4) is 17.0 Å². The van der Waals surface area contributed by atoms with E-state index < -0.39 is 5.97 Å². The van der Waals surface area contributed by atoms with Gasteiger partial charge in [-0.1, -0.05) is 23.7 Å². The lowest BCUT2D eigenvalue weighted by molar-refractivity contribution is 0.0589. The number of halogens is 2. The van der Waals surface area contributed by atoms with Gasteiger partial charge in [0.1, 0.15) is 17.3 Å². The molecule has 0 unspecified atom stereocenters. The van der Waals surface area contributed by atoms with Crippen LogP contribution in [0.15, 0.2) is 48.5 Å². The SMILES string of the molecule is COCCOCCc1nn(C)c2c1CSCc1cc(n(C)n1)CCc1cc(c3ccc(F)cc3c1)OCCCc1c(C(=O)OC)n(C)c3c-2c(Cl)ccc13. The smallest absolute Gasteiger partial charge is 0.354 e. The molecule has 0 aliphatic carbocycles. The van der Waals surface area contributed by atoms with Crippen molar-refractivity contribution in [2.24, 2.45) is 21.1 Å². The van der Waals surface area contributed by atoms with Crippen LogP contribution in [0.4, 0.5) is 4.39 Å². The van der Waals surface area contributed by atoms with Crippen molar-refractivity contribution < 1.29 is 28.1 Å². The Kier molecular flexibility index (Phi) is 11.6. The number of carbonyl (C=O) groups excluding carboxylic acids is 1. The summed E-state index contributed by atoms with van der Waals surface area (Å²) in [6, 6.07) is 15.0. The van der Waals surface area contributed by atoms with Gasteiger partial charge in [-0.3, -0.25) is 9.36 Å². The highest BCUT2D eigenvalue weighted by Crippen LogP contribution is 2.42. The number of esters is 1. The standard InChI is InChI=1S/C41H45ClFN5O5S/c1-46-38-32-12-13-34(42)37(38)39-33(35(45-48(39)3)14-16-52-18-17-50-4)24-54-23-28-22-29(47(2)44-28)10-8-25-19-26-21-27(43)9-11-30(26)36(20-25)53-15-6-7-31(32)40(46)41(49)51-5/h9,11-13,19-22H,6-8,10,14-18,23-24H2,1-5H3. The maximum Gasteiger partial charge on any atom is 0.354 e. The molecule has 7 rings (SSSR count). The average molecular weight is 774 g/mol. The van der Waals surface area contributed by atoms with E-state index in [1.807, 2.05) is 53.3 Å². The molecule has 0 atom stereocenters. The van der Waals surface area contributed by atoms with Crippen molar-refractivity contribution in [3.63, 3.8) is 0 Å². The highest BCUT2D eigenvalue weighted by Gasteiger charge is 2.28. The molecule has 4 heterocycles. The van der Waals surface area contributed by atoms with E-state index >= 15 is 0 Å². The van der Waals surface area contributed by atoms with Gasteiger partial charge in [-0.15, -0.1) is 0 Å². The van der Waals surface area contributed by atoms with Gasteiger partial charge in [0.05, 0.1) is 61.2 Å². The van der Waals surface area contributed by atoms with Crippen molar-refractivity contribution in [3.05, 3.63) is 98.8 Å². The molecule has 284 valence electrons. The highest BCUT2D eigenvalue weighted by atomic mass is 35.5. The third-order valence-corrected chi connectivity index (χ3v) is 11.4. The van der Waals surface area contributed by atoms with Crippen LogP contribution in [0.1, 0.15) is 50.7 Å². The van der Waals surface area contributed by atoms with Crippen LogP contribution in [0, 0.1) is 5.82 Å². The number of thioether (sulfide) groups is 1. The molecule has 13 heteroatoms. The van der Waals surface area contributed by atoms with Gasteiger partial charge in [0.15, 0.2) is 0 Å². The maximum absolute atomic E-state index is 14.4. The van der Waals surface area contributed by atoms with Gasteiger partial charge >= 0.3 is 5.97 Å². The Morgan fingerprint density at radius 3 is 2.57 bits per heavy atom. The zero-order valence-corrected chi connectivity index (χ0v) is 32.9. The van der Waals surface area contributed by atoms with E-state index in [-0.39, 0.29) is 5.82 Å². The quantitative estimate of drug-likeness (QED) is 0.120. The number of hydrogen-bond donors (Lipinski definition) is 0. The summed E-state index contributed by atoms with van der Waals surface area (Å²) in [6.07, 6.45) is 3.29. The van der Waals surface area contributed by atoms with E-state index in [4.69, 9.17) is 40.7 Å². The van der Waals surface area contributed by atoms with Gasteiger partial charge in [-0.2, -0.15) is 22.0 Å². The topological polar surface area (TPSA) is 94.6 Å². The summed E-state index contributed by atoms with van der Waals surface area (Å²) in [4.78, 5) is 13.5. The summed E-state index contributed by atoms with van der Waals surface area (Å²) < 4.78 is 43.0. The van der Waals surface area contributed by atoms with Crippen LogP contribution in [0.25, 0.3) is 32.9 Å². The molecule has 3 aromatic heterocycles. The van der Waals surface area contributed by atoms with Gasteiger partial charge in [0.25, 0.3) is 0 Å². The molecular weight excluding hydrogens is 729 g/mol. The fourth-order valence-electron chi connectivity index (χ4n) is 7.60. The molecule has 0 N–H and O–H groups in total. The minimum Gasteiger partial charge on any atom is -0.493 e. The molecule has 0 spiro atoms. The molecule has 0 saturated carbocycles. The molecule has 54 heavy (non-hydrogen) atoms. The van der Waals surface area contributed by atoms with Gasteiger partial charge < -0.3 is 23.5 Å². The lowest BCUT2D eigenvalue weighted by atomic mass is 9.99.